The first-order valence-electron chi connectivity index (χ1n) is 12.1. The molecule has 0 saturated carbocycles. The Bertz CT molecular complexity index is 1550. The van der Waals surface area contributed by atoms with Gasteiger partial charge in [-0.25, -0.2) is 0 Å². The van der Waals surface area contributed by atoms with Gasteiger partial charge in [0, 0.05) is 41.0 Å². The Morgan fingerprint density at radius 1 is 1.03 bits per heavy atom. The van der Waals surface area contributed by atoms with E-state index in [-0.39, 0.29) is 24.7 Å². The van der Waals surface area contributed by atoms with Gasteiger partial charge in [-0.2, -0.15) is 5.26 Å². The number of rotatable bonds is 10. The Labute approximate surface area is 225 Å². The van der Waals surface area contributed by atoms with Crippen LogP contribution in [0, 0.1) is 17.2 Å². The lowest BCUT2D eigenvalue weighted by atomic mass is 9.86. The summed E-state index contributed by atoms with van der Waals surface area (Å²) in [6.07, 6.45) is 0.627. The number of aliphatic carboxylic acids is 1. The lowest BCUT2D eigenvalue weighted by Crippen LogP contribution is -2.26. The molecule has 4 rings (SSSR count). The summed E-state index contributed by atoms with van der Waals surface area (Å²) in [6, 6.07) is 23.7. The quantitative estimate of drug-likeness (QED) is 0.275. The summed E-state index contributed by atoms with van der Waals surface area (Å²) in [5, 5.41) is 22.4. The predicted octanol–water partition coefficient (Wildman–Crippen LogP) is 5.19. The number of carbonyl (C=O) groups is 3. The van der Waals surface area contributed by atoms with Crippen LogP contribution in [0.3, 0.4) is 0 Å². The average Bonchev–Trinajstić information content (AvgIpc) is 3.23. The van der Waals surface area contributed by atoms with E-state index in [2.05, 4.69) is 11.4 Å². The molecule has 0 saturated heterocycles. The predicted molar refractivity (Wildman–Crippen MR) is 145 cm³/mol. The monoisotopic (exact) mass is 527 g/mol. The fourth-order valence-corrected chi connectivity index (χ4v) is 4.74. The summed E-state index contributed by atoms with van der Waals surface area (Å²) in [6.45, 7) is 0.0427. The minimum atomic E-state index is -0.983. The van der Waals surface area contributed by atoms with Gasteiger partial charge in [0.25, 0.3) is 5.91 Å². The lowest BCUT2D eigenvalue weighted by molar-refractivity contribution is -0.136. The van der Waals surface area contributed by atoms with Crippen molar-refractivity contribution < 1.29 is 19.5 Å². The number of ketones is 1. The summed E-state index contributed by atoms with van der Waals surface area (Å²) in [7, 11) is 1.85. The van der Waals surface area contributed by atoms with Crippen LogP contribution in [0.15, 0.2) is 72.8 Å². The normalized spacial score (nSPS) is 11.6. The second kappa shape index (κ2) is 11.8. The van der Waals surface area contributed by atoms with Gasteiger partial charge in [0.05, 0.1) is 23.7 Å². The second-order valence-corrected chi connectivity index (χ2v) is 9.56. The summed E-state index contributed by atoms with van der Waals surface area (Å²) in [4.78, 5) is 36.9. The Hall–Kier alpha value is -4.41. The first-order chi connectivity index (χ1) is 18.3. The number of aryl methyl sites for hydroxylation is 1. The Kier molecular flexibility index (Phi) is 8.25. The number of aromatic nitrogens is 1. The van der Waals surface area contributed by atoms with Crippen LogP contribution in [-0.4, -0.2) is 33.9 Å². The Morgan fingerprint density at radius 3 is 2.47 bits per heavy atom. The van der Waals surface area contributed by atoms with E-state index in [1.807, 2.05) is 41.9 Å². The summed E-state index contributed by atoms with van der Waals surface area (Å²) < 4.78 is 1.86. The van der Waals surface area contributed by atoms with Crippen molar-refractivity contribution in [2.24, 2.45) is 13.0 Å². The van der Waals surface area contributed by atoms with Crippen LogP contribution in [0.1, 0.15) is 44.0 Å². The molecule has 4 aromatic rings. The van der Waals surface area contributed by atoms with Crippen LogP contribution < -0.4 is 5.32 Å². The topological polar surface area (TPSA) is 112 Å². The number of nitriles is 1. The Morgan fingerprint density at radius 2 is 1.76 bits per heavy atom. The number of carbonyl (C=O) groups excluding carboxylic acids is 2. The molecule has 0 spiro atoms. The molecule has 192 valence electrons. The molecule has 7 nitrogen and oxygen atoms in total. The van der Waals surface area contributed by atoms with E-state index in [9.17, 15) is 19.6 Å². The van der Waals surface area contributed by atoms with Gasteiger partial charge >= 0.3 is 5.97 Å². The smallest absolute Gasteiger partial charge is 0.305 e. The molecular formula is C30H26ClN3O4. The zero-order chi connectivity index (χ0) is 27.2. The molecule has 0 bridgehead atoms. The van der Waals surface area contributed by atoms with E-state index in [1.54, 1.807) is 42.5 Å². The van der Waals surface area contributed by atoms with Crippen LogP contribution in [0.2, 0.25) is 5.02 Å². The van der Waals surface area contributed by atoms with Gasteiger partial charge in [0.1, 0.15) is 0 Å². The van der Waals surface area contributed by atoms with Crippen LogP contribution in [-0.2, 0) is 24.7 Å². The molecule has 1 amide bonds. The molecule has 1 atom stereocenters. The summed E-state index contributed by atoms with van der Waals surface area (Å²) in [5.41, 5.74) is 4.04. The molecule has 0 radical (unpaired) electrons. The number of amides is 1. The highest BCUT2D eigenvalue weighted by atomic mass is 35.5. The number of benzene rings is 3. The number of carboxylic acid groups (broad SMARTS) is 1. The number of hydrogen-bond donors (Lipinski definition) is 2. The summed E-state index contributed by atoms with van der Waals surface area (Å²) >= 11 is 6.17. The third-order valence-electron chi connectivity index (χ3n) is 6.55. The molecule has 1 heterocycles. The van der Waals surface area contributed by atoms with Gasteiger partial charge in [0.2, 0.25) is 0 Å². The van der Waals surface area contributed by atoms with E-state index < -0.39 is 11.9 Å². The van der Waals surface area contributed by atoms with Crippen molar-refractivity contribution in [3.8, 4) is 6.07 Å². The molecule has 38 heavy (non-hydrogen) atoms. The van der Waals surface area contributed by atoms with Crippen molar-refractivity contribution in [1.82, 2.24) is 9.88 Å². The number of halogens is 1. The minimum Gasteiger partial charge on any atom is -0.481 e. The number of nitrogens with one attached hydrogen (secondary N) is 1. The van der Waals surface area contributed by atoms with E-state index >= 15 is 0 Å². The van der Waals surface area contributed by atoms with Gasteiger partial charge < -0.3 is 15.0 Å². The van der Waals surface area contributed by atoms with Crippen LogP contribution in [0.4, 0.5) is 0 Å². The molecule has 1 aromatic heterocycles. The largest absolute Gasteiger partial charge is 0.481 e. The molecule has 8 heteroatoms. The summed E-state index contributed by atoms with van der Waals surface area (Å²) in [5.74, 6) is -1.85. The molecule has 3 aromatic carbocycles. The zero-order valence-electron chi connectivity index (χ0n) is 20.8. The molecule has 0 aliphatic carbocycles. The number of fused-ring (bicyclic) bond motifs is 1. The highest BCUT2D eigenvalue weighted by Crippen LogP contribution is 2.27. The van der Waals surface area contributed by atoms with Gasteiger partial charge in [-0.05, 0) is 66.4 Å². The molecular weight excluding hydrogens is 502 g/mol. The van der Waals surface area contributed by atoms with Gasteiger partial charge in [-0.1, -0.05) is 41.9 Å². The van der Waals surface area contributed by atoms with Gasteiger partial charge in [-0.15, -0.1) is 0 Å². The lowest BCUT2D eigenvalue weighted by Gasteiger charge is -2.18. The maximum atomic E-state index is 13.9. The van der Waals surface area contributed by atoms with E-state index in [0.717, 1.165) is 22.0 Å². The van der Waals surface area contributed by atoms with Crippen molar-refractivity contribution in [3.05, 3.63) is 106 Å². The van der Waals surface area contributed by atoms with Crippen molar-refractivity contribution in [1.29, 1.82) is 5.26 Å². The van der Waals surface area contributed by atoms with E-state index in [4.69, 9.17) is 16.7 Å². The average molecular weight is 528 g/mol. The van der Waals surface area contributed by atoms with Gasteiger partial charge in [-0.3, -0.25) is 14.4 Å². The maximum absolute atomic E-state index is 13.9. The first-order valence-corrected chi connectivity index (χ1v) is 12.5. The fourth-order valence-electron chi connectivity index (χ4n) is 4.56. The first kappa shape index (κ1) is 26.6. The highest BCUT2D eigenvalue weighted by molar-refractivity contribution is 6.31. The third-order valence-corrected chi connectivity index (χ3v) is 6.79. The van der Waals surface area contributed by atoms with Crippen molar-refractivity contribution in [2.45, 2.75) is 19.3 Å². The highest BCUT2D eigenvalue weighted by Gasteiger charge is 2.25. The molecule has 1 unspecified atom stereocenters. The van der Waals surface area contributed by atoms with Crippen molar-refractivity contribution >= 4 is 40.2 Å². The standard InChI is InChI=1S/C30H26ClN3O4/c1-34-26-11-10-25(31)16-23(26)17-27(34)29(37)24(15-21-4-2-3-5-22(21)18-32)14-19-6-8-20(9-7-19)30(38)33-13-12-28(35)36/h2-11,16-17,24H,12-15H2,1H3,(H,33,38)(H,35,36). The minimum absolute atomic E-state index is 0.0427. The number of nitrogens with zero attached hydrogens (tertiary/aromatic N) is 2. The molecule has 0 fully saturated rings. The van der Waals surface area contributed by atoms with Crippen LogP contribution in [0.5, 0.6) is 0 Å². The second-order valence-electron chi connectivity index (χ2n) is 9.13. The Balaban J connectivity index is 1.61. The van der Waals surface area contributed by atoms with Crippen LogP contribution in [0.25, 0.3) is 10.9 Å². The molecule has 2 N–H and O–H groups in total. The van der Waals surface area contributed by atoms with Gasteiger partial charge in [0.15, 0.2) is 5.78 Å². The van der Waals surface area contributed by atoms with E-state index in [0.29, 0.717) is 34.7 Å². The third kappa shape index (κ3) is 6.10. The maximum Gasteiger partial charge on any atom is 0.305 e. The number of Topliss-reactive ketones (excluding diaryl/α,β-unsaturated/α-hetero) is 1. The number of carboxylic acids is 1. The van der Waals surface area contributed by atoms with Crippen molar-refractivity contribution in [3.63, 3.8) is 0 Å². The SMILES string of the molecule is Cn1c(C(=O)C(Cc2ccc(C(=O)NCCC(=O)O)cc2)Cc2ccccc2C#N)cc2cc(Cl)ccc21. The van der Waals surface area contributed by atoms with Crippen molar-refractivity contribution in [2.75, 3.05) is 6.54 Å². The van der Waals surface area contributed by atoms with Crippen LogP contribution >= 0.6 is 11.6 Å². The molecule has 0 aliphatic rings. The zero-order valence-corrected chi connectivity index (χ0v) is 21.5. The molecule has 0 aliphatic heterocycles. The number of hydrogen-bond acceptors (Lipinski definition) is 4. The van der Waals surface area contributed by atoms with E-state index in [1.165, 1.54) is 0 Å². The fraction of sp³-hybridized carbons (Fsp3) is 0.200.